The lowest BCUT2D eigenvalue weighted by molar-refractivity contribution is -0.160. The van der Waals surface area contributed by atoms with Crippen LogP contribution in [0.25, 0.3) is 17.1 Å². The van der Waals surface area contributed by atoms with Crippen LogP contribution in [-0.2, 0) is 9.53 Å². The van der Waals surface area contributed by atoms with Crippen LogP contribution >= 0.6 is 0 Å². The smallest absolute Gasteiger partial charge is 0.408 e. The van der Waals surface area contributed by atoms with E-state index >= 15 is 4.39 Å². The number of aromatic nitrogens is 2. The van der Waals surface area contributed by atoms with Crippen molar-refractivity contribution in [1.29, 1.82) is 0 Å². The molecule has 1 aromatic carbocycles. The molecule has 7 nitrogen and oxygen atoms in total. The summed E-state index contributed by atoms with van der Waals surface area (Å²) >= 11 is 0. The van der Waals surface area contributed by atoms with Crippen molar-refractivity contribution in [3.8, 4) is 0 Å². The Bertz CT molecular complexity index is 1160. The summed E-state index contributed by atoms with van der Waals surface area (Å²) in [7, 11) is 0. The average molecular weight is 507 g/mol. The van der Waals surface area contributed by atoms with Gasteiger partial charge in [-0.15, -0.1) is 0 Å². The number of carbonyl (C=O) groups excluding carboxylic acids is 2. The largest absolute Gasteiger partial charge is 0.444 e. The van der Waals surface area contributed by atoms with Crippen molar-refractivity contribution in [2.24, 2.45) is 11.8 Å². The van der Waals surface area contributed by atoms with Gasteiger partial charge in [0.25, 0.3) is 5.92 Å². The molecular formula is C26H33F3N4O3. The Morgan fingerprint density at radius 1 is 1.22 bits per heavy atom. The Morgan fingerprint density at radius 2 is 1.89 bits per heavy atom. The lowest BCUT2D eigenvalue weighted by Crippen LogP contribution is -2.57. The number of nitrogens with one attached hydrogen (secondary N) is 2. The molecule has 2 fully saturated rings. The van der Waals surface area contributed by atoms with Gasteiger partial charge < -0.3 is 19.9 Å². The van der Waals surface area contributed by atoms with Gasteiger partial charge in [0.15, 0.2) is 5.82 Å². The maximum atomic E-state index is 15.3. The van der Waals surface area contributed by atoms with Crippen molar-refractivity contribution >= 4 is 29.1 Å². The van der Waals surface area contributed by atoms with Gasteiger partial charge in [-0.25, -0.2) is 22.9 Å². The number of alkyl carbamates (subject to hydrolysis) is 1. The summed E-state index contributed by atoms with van der Waals surface area (Å²) in [5.41, 5.74) is -0.0200. The molecule has 1 aromatic heterocycles. The van der Waals surface area contributed by atoms with Crippen molar-refractivity contribution < 1.29 is 27.5 Å². The van der Waals surface area contributed by atoms with Gasteiger partial charge in [-0.05, 0) is 63.7 Å². The first kappa shape index (κ1) is 26.0. The van der Waals surface area contributed by atoms with E-state index in [1.165, 1.54) is 12.1 Å². The van der Waals surface area contributed by atoms with Crippen LogP contribution in [0.3, 0.4) is 0 Å². The standard InChI is InChI=1S/C26H33F3N4O3/c1-15-5-7-17(8-6-15)21(32-24(35)36-25(2,3)4)23-30-18-11-9-16(20(27)22(18)31-23)10-12-19(34)33-13-26(28,29)14-33/h9-12,15,17,21H,5-8,13-14H2,1-4H3,(H,30,31)(H,32,35)/b12-10+. The molecule has 0 radical (unpaired) electrons. The molecule has 1 saturated carbocycles. The molecule has 2 aromatic rings. The Balaban J connectivity index is 1.57. The minimum Gasteiger partial charge on any atom is -0.444 e. The Morgan fingerprint density at radius 3 is 2.50 bits per heavy atom. The van der Waals surface area contributed by atoms with Crippen molar-refractivity contribution in [3.05, 3.63) is 35.4 Å². The summed E-state index contributed by atoms with van der Waals surface area (Å²) in [5, 5.41) is 2.94. The van der Waals surface area contributed by atoms with Crippen LogP contribution in [0.15, 0.2) is 18.2 Å². The molecule has 0 spiro atoms. The number of aromatic amines is 1. The molecule has 2 N–H and O–H groups in total. The van der Waals surface area contributed by atoms with Gasteiger partial charge in [-0.3, -0.25) is 4.79 Å². The summed E-state index contributed by atoms with van der Waals surface area (Å²) in [6.07, 6.45) is 5.63. The number of hydrogen-bond donors (Lipinski definition) is 2. The highest BCUT2D eigenvalue weighted by atomic mass is 19.3. The van der Waals surface area contributed by atoms with Crippen molar-refractivity contribution in [2.75, 3.05) is 13.1 Å². The van der Waals surface area contributed by atoms with E-state index in [0.717, 1.165) is 36.7 Å². The summed E-state index contributed by atoms with van der Waals surface area (Å²) in [4.78, 5) is 33.3. The molecule has 1 atom stereocenters. The minimum atomic E-state index is -2.86. The minimum absolute atomic E-state index is 0.0789. The van der Waals surface area contributed by atoms with Crippen LogP contribution in [0.5, 0.6) is 0 Å². The van der Waals surface area contributed by atoms with E-state index in [4.69, 9.17) is 4.74 Å². The fourth-order valence-corrected chi connectivity index (χ4v) is 4.75. The molecule has 10 heteroatoms. The Kier molecular flexibility index (Phi) is 7.07. The topological polar surface area (TPSA) is 87.3 Å². The molecule has 1 aliphatic carbocycles. The summed E-state index contributed by atoms with van der Waals surface area (Å²) in [6, 6.07) is 2.66. The maximum Gasteiger partial charge on any atom is 0.408 e. The van der Waals surface area contributed by atoms with Crippen molar-refractivity contribution in [2.45, 2.75) is 70.9 Å². The summed E-state index contributed by atoms with van der Waals surface area (Å²) in [6.45, 7) is 6.30. The number of alkyl halides is 2. The van der Waals surface area contributed by atoms with Crippen LogP contribution in [0.4, 0.5) is 18.0 Å². The molecule has 1 unspecified atom stereocenters. The fraction of sp³-hybridized carbons (Fsp3) is 0.577. The maximum absolute atomic E-state index is 15.3. The van der Waals surface area contributed by atoms with E-state index in [2.05, 4.69) is 22.2 Å². The predicted octanol–water partition coefficient (Wildman–Crippen LogP) is 5.58. The molecule has 196 valence electrons. The fourth-order valence-electron chi connectivity index (χ4n) is 4.75. The van der Waals surface area contributed by atoms with Gasteiger partial charge >= 0.3 is 6.09 Å². The molecule has 1 aliphatic heterocycles. The normalized spacial score (nSPS) is 22.9. The Hall–Kier alpha value is -3.04. The number of likely N-dealkylation sites (tertiary alicyclic amines) is 1. The number of H-pyrrole nitrogens is 1. The van der Waals surface area contributed by atoms with Gasteiger partial charge in [0.2, 0.25) is 5.91 Å². The first-order valence-electron chi connectivity index (χ1n) is 12.3. The molecule has 2 aliphatic rings. The third kappa shape index (κ3) is 6.02. The molecule has 1 saturated heterocycles. The number of hydrogen-bond acceptors (Lipinski definition) is 4. The molecular weight excluding hydrogens is 473 g/mol. The number of ether oxygens (including phenoxy) is 1. The molecule has 2 amide bonds. The lowest BCUT2D eigenvalue weighted by atomic mass is 9.79. The van der Waals surface area contributed by atoms with Crippen molar-refractivity contribution in [1.82, 2.24) is 20.2 Å². The lowest BCUT2D eigenvalue weighted by Gasteiger charge is -2.37. The number of amides is 2. The van der Waals surface area contributed by atoms with E-state index in [1.807, 2.05) is 0 Å². The Labute approximate surface area is 208 Å². The number of carbonyl (C=O) groups is 2. The second-order valence-electron chi connectivity index (χ2n) is 11.0. The number of halogens is 3. The van der Waals surface area contributed by atoms with E-state index in [9.17, 15) is 18.4 Å². The highest BCUT2D eigenvalue weighted by molar-refractivity contribution is 5.93. The van der Waals surface area contributed by atoms with Gasteiger partial charge in [0.05, 0.1) is 24.6 Å². The van der Waals surface area contributed by atoms with Gasteiger partial charge in [0.1, 0.15) is 16.9 Å². The predicted molar refractivity (Wildman–Crippen MR) is 130 cm³/mol. The number of imidazole rings is 1. The van der Waals surface area contributed by atoms with Crippen LogP contribution in [0, 0.1) is 17.7 Å². The van der Waals surface area contributed by atoms with E-state index in [-0.39, 0.29) is 17.0 Å². The first-order valence-corrected chi connectivity index (χ1v) is 12.3. The van der Waals surface area contributed by atoms with E-state index in [1.54, 1.807) is 26.8 Å². The quantitative estimate of drug-likeness (QED) is 0.518. The number of benzene rings is 1. The average Bonchev–Trinajstić information content (AvgIpc) is 3.19. The van der Waals surface area contributed by atoms with E-state index in [0.29, 0.717) is 17.3 Å². The van der Waals surface area contributed by atoms with Gasteiger partial charge in [-0.2, -0.15) is 0 Å². The SMILES string of the molecule is CC1CCC(C(NC(=O)OC(C)(C)C)c2nc3c(F)c(/C=C/C(=O)N4CC(F)(F)C4)ccc3[nH]2)CC1. The third-order valence-electron chi connectivity index (χ3n) is 6.70. The van der Waals surface area contributed by atoms with Crippen LogP contribution in [0.1, 0.15) is 70.8 Å². The zero-order valence-electron chi connectivity index (χ0n) is 21.0. The zero-order valence-corrected chi connectivity index (χ0v) is 21.0. The van der Waals surface area contributed by atoms with Gasteiger partial charge in [0, 0.05) is 11.6 Å². The van der Waals surface area contributed by atoms with Gasteiger partial charge in [-0.1, -0.05) is 19.8 Å². The molecule has 36 heavy (non-hydrogen) atoms. The number of rotatable bonds is 5. The van der Waals surface area contributed by atoms with Crippen LogP contribution in [0.2, 0.25) is 0 Å². The molecule has 4 rings (SSSR count). The van der Waals surface area contributed by atoms with Crippen LogP contribution in [-0.4, -0.2) is 51.5 Å². The second-order valence-corrected chi connectivity index (χ2v) is 11.0. The molecule has 0 bridgehead atoms. The summed E-state index contributed by atoms with van der Waals surface area (Å²) < 4.78 is 46.8. The van der Waals surface area contributed by atoms with Crippen molar-refractivity contribution in [3.63, 3.8) is 0 Å². The molecule has 2 heterocycles. The summed E-state index contributed by atoms with van der Waals surface area (Å²) in [5.74, 6) is -2.94. The highest BCUT2D eigenvalue weighted by Gasteiger charge is 2.45. The van der Waals surface area contributed by atoms with E-state index < -0.39 is 48.5 Å². The number of fused-ring (bicyclic) bond motifs is 1. The first-order chi connectivity index (χ1) is 16.8. The monoisotopic (exact) mass is 506 g/mol. The van der Waals surface area contributed by atoms with Crippen LogP contribution < -0.4 is 5.32 Å². The zero-order chi connectivity index (χ0) is 26.3. The second kappa shape index (κ2) is 9.78. The number of nitrogens with zero attached hydrogens (tertiary/aromatic N) is 2. The highest BCUT2D eigenvalue weighted by Crippen LogP contribution is 2.37. The third-order valence-corrected chi connectivity index (χ3v) is 6.70.